The summed E-state index contributed by atoms with van der Waals surface area (Å²) in [4.78, 5) is 0. The van der Waals surface area contributed by atoms with E-state index in [2.05, 4.69) is 243 Å². The fourth-order valence-corrected chi connectivity index (χ4v) is 16.1. The molecule has 0 bridgehead atoms. The van der Waals surface area contributed by atoms with E-state index in [0.29, 0.717) is 0 Å². The Hall–Kier alpha value is -9.36. The van der Waals surface area contributed by atoms with Crippen LogP contribution in [0.5, 0.6) is 0 Å². The van der Waals surface area contributed by atoms with Gasteiger partial charge in [-0.2, -0.15) is 0 Å². The minimum atomic E-state index is 1.08. The van der Waals surface area contributed by atoms with E-state index in [0.717, 1.165) is 77.0 Å². The van der Waals surface area contributed by atoms with Crippen LogP contribution < -0.4 is 0 Å². The van der Waals surface area contributed by atoms with Crippen LogP contribution in [-0.2, 0) is 77.0 Å². The molecule has 0 atom stereocenters. The van der Waals surface area contributed by atoms with Crippen molar-refractivity contribution in [2.24, 2.45) is 0 Å². The molecule has 0 amide bonds. The molecule has 582 valence electrons. The smallest absolute Gasteiger partial charge is 0.000707 e. The van der Waals surface area contributed by atoms with E-state index in [1.165, 1.54) is 128 Å². The van der Waals surface area contributed by atoms with E-state index < -0.39 is 0 Å². The summed E-state index contributed by atoms with van der Waals surface area (Å²) >= 11 is 0. The van der Waals surface area contributed by atoms with Gasteiger partial charge >= 0.3 is 0 Å². The largest absolute Gasteiger partial charge is 0.0683 e. The average molecular weight is 1460 g/mol. The number of rotatable bonds is 0. The van der Waals surface area contributed by atoms with Crippen molar-refractivity contribution < 1.29 is 0 Å². The van der Waals surface area contributed by atoms with Crippen LogP contribution >= 0.6 is 0 Å². The van der Waals surface area contributed by atoms with Gasteiger partial charge in [-0.3, -0.25) is 0 Å². The van der Waals surface area contributed by atoms with Gasteiger partial charge in [0.25, 0.3) is 0 Å². The third-order valence-corrected chi connectivity index (χ3v) is 20.2. The molecule has 0 N–H and O–H groups in total. The van der Waals surface area contributed by atoms with E-state index in [4.69, 9.17) is 0 Å². The van der Waals surface area contributed by atoms with Gasteiger partial charge in [-0.05, 0) is 255 Å². The van der Waals surface area contributed by atoms with Crippen molar-refractivity contribution in [1.29, 1.82) is 0 Å². The van der Waals surface area contributed by atoms with Gasteiger partial charge in [-0.25, -0.2) is 0 Å². The summed E-state index contributed by atoms with van der Waals surface area (Å²) < 4.78 is 0. The molecule has 0 heterocycles. The van der Waals surface area contributed by atoms with Crippen molar-refractivity contribution in [3.05, 3.63) is 376 Å². The van der Waals surface area contributed by atoms with E-state index in [1.54, 1.807) is 50.1 Å². The van der Waals surface area contributed by atoms with E-state index in [-0.39, 0.29) is 0 Å². The van der Waals surface area contributed by atoms with Crippen LogP contribution in [0.3, 0.4) is 0 Å². The Morgan fingerprint density at radius 1 is 0.109 bits per heavy atom. The second-order valence-corrected chi connectivity index (χ2v) is 24.7. The van der Waals surface area contributed by atoms with Gasteiger partial charge in [0.1, 0.15) is 0 Å². The van der Waals surface area contributed by atoms with Crippen molar-refractivity contribution in [1.82, 2.24) is 0 Å². The number of fused-ring (bicyclic) bond motifs is 25. The van der Waals surface area contributed by atoms with Crippen molar-refractivity contribution >= 4 is 0 Å². The lowest BCUT2D eigenvalue weighted by molar-refractivity contribution is 0.977. The number of hydrogen-bond acceptors (Lipinski definition) is 0. The fourth-order valence-electron chi connectivity index (χ4n) is 16.1. The molecule has 0 fully saturated rings. The maximum Gasteiger partial charge on any atom is -0.000707 e. The molecule has 0 nitrogen and oxygen atoms in total. The highest BCUT2D eigenvalue weighted by molar-refractivity contribution is 5.94. The molecule has 0 saturated carbocycles. The fraction of sp³-hybridized carbons (Fsp3) is 0.345. The molecule has 0 aliphatic heterocycles. The minimum absolute atomic E-state index is 1.08. The lowest BCUT2D eigenvalue weighted by Crippen LogP contribution is -2.12. The molecule has 8 aliphatic rings. The molecule has 0 saturated heterocycles. The molecular weight excluding hydrogens is 1320 g/mol. The zero-order valence-corrected chi connectivity index (χ0v) is 73.6. The summed E-state index contributed by atoms with van der Waals surface area (Å²) in [5.74, 6) is 0. The Morgan fingerprint density at radius 2 is 0.309 bits per heavy atom. The molecule has 0 aromatic heterocycles. The number of hydrogen-bond donors (Lipinski definition) is 0. The topological polar surface area (TPSA) is 0 Å². The van der Waals surface area contributed by atoms with Crippen LogP contribution in [-0.4, -0.2) is 0 Å². The lowest BCUT2D eigenvalue weighted by atomic mass is 9.77. The molecule has 0 heteroatoms. The molecular formula is C110H142. The Labute approximate surface area is 673 Å². The van der Waals surface area contributed by atoms with Gasteiger partial charge in [0.2, 0.25) is 0 Å². The van der Waals surface area contributed by atoms with Crippen molar-refractivity contribution in [3.63, 3.8) is 0 Å². The van der Waals surface area contributed by atoms with Crippen LogP contribution in [0.4, 0.5) is 0 Å². The monoisotopic (exact) mass is 1460 g/mol. The third kappa shape index (κ3) is 21.0. The van der Waals surface area contributed by atoms with Gasteiger partial charge in [-0.1, -0.05) is 423 Å². The highest BCUT2D eigenvalue weighted by Gasteiger charge is 2.36. The molecule has 20 rings (SSSR count). The summed E-state index contributed by atoms with van der Waals surface area (Å²) in [6.07, 6.45) is 13.1. The first-order chi connectivity index (χ1) is 54.6. The van der Waals surface area contributed by atoms with Crippen LogP contribution in [0.1, 0.15) is 314 Å². The Kier molecular flexibility index (Phi) is 42.7. The zero-order valence-electron chi connectivity index (χ0n) is 73.6. The molecule has 0 spiro atoms. The van der Waals surface area contributed by atoms with Gasteiger partial charge < -0.3 is 0 Å². The van der Waals surface area contributed by atoms with Gasteiger partial charge in [0.15, 0.2) is 0 Å². The van der Waals surface area contributed by atoms with Crippen LogP contribution in [0.15, 0.2) is 243 Å². The number of benzene rings is 12. The SMILES string of the molecule is CC.CC.CC.CC.CC.CC.CC.CC.CC.CC.CC.CC.CC.c1ccc2c(c1)Cc1c(c3c(c4c1Cc1ccccc1-4)Cc1ccccc1-3)C2.c1ccc2c(c1)Cc1ccc3c(c1C2)-c1ccccc1C3.c1ccc2c(c1)Cc1ccc3c(c1C2)Cc1ccccc1-3.c1ccc2c(c1)Cc1ccccc1C2. The summed E-state index contributed by atoms with van der Waals surface area (Å²) in [5.41, 5.74) is 48.6. The maximum absolute atomic E-state index is 2.36. The van der Waals surface area contributed by atoms with Gasteiger partial charge in [0.05, 0.1) is 0 Å². The predicted molar refractivity (Wildman–Crippen MR) is 494 cm³/mol. The average Bonchev–Trinajstić information content (AvgIpc) is 1.54. The maximum atomic E-state index is 2.36. The Morgan fingerprint density at radius 3 is 0.673 bits per heavy atom. The van der Waals surface area contributed by atoms with Crippen LogP contribution in [0.25, 0.3) is 44.5 Å². The third-order valence-electron chi connectivity index (χ3n) is 20.2. The first-order valence-electron chi connectivity index (χ1n) is 43.8. The summed E-state index contributed by atoms with van der Waals surface area (Å²) in [6, 6.07) is 89.6. The van der Waals surface area contributed by atoms with E-state index in [9.17, 15) is 0 Å². The lowest BCUT2D eigenvalue weighted by Gasteiger charge is -2.26. The van der Waals surface area contributed by atoms with Crippen LogP contribution in [0.2, 0.25) is 0 Å². The predicted octanol–water partition coefficient (Wildman–Crippen LogP) is 32.4. The summed E-state index contributed by atoms with van der Waals surface area (Å²) in [7, 11) is 0. The standard InChI is InChI=1S/C28H20.2C21H16.C14H12.13C2H6/c1-2-8-18-14-24-23(13-17(18)7-1)25-15-19-9-3-5-11-21(19)28(25)26-16-20-10-4-6-12-22(20)27(24)26;1-2-6-15-13-20-17(11-14(15)5-1)9-10-18-12-16-7-3-4-8-19(16)21(18)20;1-2-6-15-12-20-17(11-14(15)5-1)9-10-19-18-8-4-3-7-16(18)13-21(19)20;1-2-6-12-10-14-8-4-3-7-13(14)9-11(12)5-1;13*1-2/h1-12H,13-16H2;2*1-10H,11-13H2;1-8H,9-10H2;13*1-2H3. The van der Waals surface area contributed by atoms with E-state index >= 15 is 0 Å². The molecule has 8 aliphatic carbocycles. The second kappa shape index (κ2) is 50.4. The first-order valence-corrected chi connectivity index (χ1v) is 43.8. The molecule has 0 unspecified atom stereocenters. The molecule has 12 aromatic carbocycles. The Balaban J connectivity index is 0.000000286. The van der Waals surface area contributed by atoms with Gasteiger partial charge in [-0.15, -0.1) is 0 Å². The summed E-state index contributed by atoms with van der Waals surface area (Å²) in [5, 5.41) is 0. The zero-order chi connectivity index (χ0) is 81.2. The summed E-state index contributed by atoms with van der Waals surface area (Å²) in [6.45, 7) is 52.0. The normalized spacial score (nSPS) is 11.5. The minimum Gasteiger partial charge on any atom is -0.0683 e. The van der Waals surface area contributed by atoms with E-state index in [1.807, 2.05) is 180 Å². The van der Waals surface area contributed by atoms with Gasteiger partial charge in [0, 0.05) is 0 Å². The molecule has 110 heavy (non-hydrogen) atoms. The highest BCUT2D eigenvalue weighted by Crippen LogP contribution is 2.53. The van der Waals surface area contributed by atoms with Crippen molar-refractivity contribution in [2.45, 2.75) is 257 Å². The van der Waals surface area contributed by atoms with Crippen molar-refractivity contribution in [3.8, 4) is 44.5 Å². The molecule has 12 aromatic rings. The second-order valence-electron chi connectivity index (χ2n) is 24.7. The van der Waals surface area contributed by atoms with Crippen molar-refractivity contribution in [2.75, 3.05) is 0 Å². The highest BCUT2D eigenvalue weighted by atomic mass is 14.4. The molecule has 0 radical (unpaired) electrons. The Bertz CT molecular complexity index is 4580. The quantitative estimate of drug-likeness (QED) is 0.142. The van der Waals surface area contributed by atoms with Crippen LogP contribution in [0, 0.1) is 0 Å². The first kappa shape index (κ1) is 93.0.